The van der Waals surface area contributed by atoms with E-state index in [0.717, 1.165) is 21.7 Å². The SMILES string of the molecule is CC(=O)OCCN1C(=O)C(C#N)=C(C)/C(=C/c2cn(-c3ccccc3)nc2-c2ccc(C)cc2)C1=O. The highest BCUT2D eigenvalue weighted by Gasteiger charge is 2.35. The quantitative estimate of drug-likeness (QED) is 0.300. The fourth-order valence-corrected chi connectivity index (χ4v) is 3.91. The van der Waals surface area contributed by atoms with Crippen molar-refractivity contribution < 1.29 is 19.1 Å². The van der Waals surface area contributed by atoms with E-state index >= 15 is 0 Å². The summed E-state index contributed by atoms with van der Waals surface area (Å²) in [5.41, 5.74) is 4.46. The lowest BCUT2D eigenvalue weighted by molar-refractivity contribution is -0.147. The van der Waals surface area contributed by atoms with Crippen LogP contribution in [0.4, 0.5) is 0 Å². The molecule has 1 aliphatic heterocycles. The monoisotopic (exact) mass is 480 g/mol. The number of para-hydroxylation sites is 1. The van der Waals surface area contributed by atoms with Gasteiger partial charge in [-0.05, 0) is 37.6 Å². The van der Waals surface area contributed by atoms with Crippen molar-refractivity contribution in [3.63, 3.8) is 0 Å². The van der Waals surface area contributed by atoms with Crippen molar-refractivity contribution >= 4 is 23.9 Å². The molecule has 1 aliphatic rings. The average Bonchev–Trinajstić information content (AvgIpc) is 3.29. The molecule has 0 radical (unpaired) electrons. The molecule has 1 aromatic heterocycles. The van der Waals surface area contributed by atoms with Gasteiger partial charge in [-0.15, -0.1) is 0 Å². The third kappa shape index (κ3) is 4.86. The smallest absolute Gasteiger partial charge is 0.302 e. The predicted octanol–water partition coefficient (Wildman–Crippen LogP) is 4.00. The fraction of sp³-hybridized carbons (Fsp3) is 0.179. The highest BCUT2D eigenvalue weighted by atomic mass is 16.5. The number of benzene rings is 2. The Kier molecular flexibility index (Phi) is 6.93. The van der Waals surface area contributed by atoms with Gasteiger partial charge in [0.15, 0.2) is 0 Å². The molecule has 0 aliphatic carbocycles. The molecule has 4 rings (SSSR count). The molecule has 0 fully saturated rings. The Morgan fingerprint density at radius 3 is 2.39 bits per heavy atom. The highest BCUT2D eigenvalue weighted by molar-refractivity contribution is 6.19. The number of hydrogen-bond acceptors (Lipinski definition) is 6. The second kappa shape index (κ2) is 10.2. The first kappa shape index (κ1) is 24.4. The van der Waals surface area contributed by atoms with Crippen LogP contribution in [0.25, 0.3) is 23.0 Å². The number of aromatic nitrogens is 2. The molecular formula is C28H24N4O4. The minimum absolute atomic E-state index is 0.129. The molecule has 2 amide bonds. The van der Waals surface area contributed by atoms with Crippen LogP contribution >= 0.6 is 0 Å². The zero-order valence-corrected chi connectivity index (χ0v) is 20.2. The first-order valence-corrected chi connectivity index (χ1v) is 11.3. The number of nitrogens with zero attached hydrogens (tertiary/aromatic N) is 4. The number of amides is 2. The molecule has 0 N–H and O–H groups in total. The zero-order valence-electron chi connectivity index (χ0n) is 20.2. The molecule has 8 heteroatoms. The minimum Gasteiger partial charge on any atom is -0.464 e. The van der Waals surface area contributed by atoms with Crippen LogP contribution in [0.3, 0.4) is 0 Å². The fourth-order valence-electron chi connectivity index (χ4n) is 3.91. The van der Waals surface area contributed by atoms with E-state index in [4.69, 9.17) is 9.84 Å². The topological polar surface area (TPSA) is 105 Å². The Morgan fingerprint density at radius 1 is 1.06 bits per heavy atom. The Bertz CT molecular complexity index is 1440. The van der Waals surface area contributed by atoms with Gasteiger partial charge in [-0.2, -0.15) is 10.4 Å². The van der Waals surface area contributed by atoms with E-state index in [2.05, 4.69) is 0 Å². The summed E-state index contributed by atoms with van der Waals surface area (Å²) in [7, 11) is 0. The summed E-state index contributed by atoms with van der Waals surface area (Å²) in [5, 5.41) is 14.4. The second-order valence-corrected chi connectivity index (χ2v) is 8.35. The van der Waals surface area contributed by atoms with Crippen LogP contribution in [0.1, 0.15) is 25.0 Å². The molecule has 8 nitrogen and oxygen atoms in total. The van der Waals surface area contributed by atoms with E-state index in [-0.39, 0.29) is 24.3 Å². The number of ether oxygens (including phenoxy) is 1. The molecule has 2 aromatic carbocycles. The maximum Gasteiger partial charge on any atom is 0.302 e. The first-order valence-electron chi connectivity index (χ1n) is 11.3. The zero-order chi connectivity index (χ0) is 25.8. The van der Waals surface area contributed by atoms with Crippen LogP contribution in [-0.4, -0.2) is 45.6 Å². The van der Waals surface area contributed by atoms with Gasteiger partial charge in [0.25, 0.3) is 11.8 Å². The normalized spacial score (nSPS) is 14.8. The van der Waals surface area contributed by atoms with Crippen molar-refractivity contribution in [3.05, 3.63) is 88.6 Å². The van der Waals surface area contributed by atoms with Crippen LogP contribution in [0.2, 0.25) is 0 Å². The molecule has 0 saturated heterocycles. The summed E-state index contributed by atoms with van der Waals surface area (Å²) < 4.78 is 6.64. The van der Waals surface area contributed by atoms with Gasteiger partial charge in [0, 0.05) is 29.8 Å². The average molecular weight is 481 g/mol. The van der Waals surface area contributed by atoms with Gasteiger partial charge in [0.2, 0.25) is 0 Å². The minimum atomic E-state index is -0.706. The van der Waals surface area contributed by atoms with Gasteiger partial charge in [-0.25, -0.2) is 4.68 Å². The van der Waals surface area contributed by atoms with E-state index in [9.17, 15) is 19.6 Å². The summed E-state index contributed by atoms with van der Waals surface area (Å²) in [6.45, 7) is 4.51. The lowest BCUT2D eigenvalue weighted by Crippen LogP contribution is -2.44. The molecular weight excluding hydrogens is 456 g/mol. The number of nitriles is 1. The molecule has 0 saturated carbocycles. The Labute approximate surface area is 208 Å². The number of carbonyl (C=O) groups is 3. The third-order valence-electron chi connectivity index (χ3n) is 5.83. The maximum absolute atomic E-state index is 13.4. The Balaban J connectivity index is 1.84. The van der Waals surface area contributed by atoms with Gasteiger partial charge >= 0.3 is 5.97 Å². The van der Waals surface area contributed by atoms with Crippen molar-refractivity contribution in [2.24, 2.45) is 0 Å². The summed E-state index contributed by atoms with van der Waals surface area (Å²) in [6, 6.07) is 19.4. The number of hydrogen-bond donors (Lipinski definition) is 0. The molecule has 0 spiro atoms. The molecule has 36 heavy (non-hydrogen) atoms. The van der Waals surface area contributed by atoms with Crippen LogP contribution in [0, 0.1) is 18.3 Å². The maximum atomic E-state index is 13.4. The lowest BCUT2D eigenvalue weighted by Gasteiger charge is -2.27. The van der Waals surface area contributed by atoms with Crippen molar-refractivity contribution in [2.45, 2.75) is 20.8 Å². The number of rotatable bonds is 6. The van der Waals surface area contributed by atoms with Gasteiger partial charge in [-0.3, -0.25) is 19.3 Å². The largest absolute Gasteiger partial charge is 0.464 e. The van der Waals surface area contributed by atoms with Crippen molar-refractivity contribution in [1.82, 2.24) is 14.7 Å². The summed E-state index contributed by atoms with van der Waals surface area (Å²) in [6.07, 6.45) is 3.46. The molecule has 0 atom stereocenters. The molecule has 0 bridgehead atoms. The number of carbonyl (C=O) groups excluding carboxylic acids is 3. The summed E-state index contributed by atoms with van der Waals surface area (Å²) in [5.74, 6) is -1.79. The third-order valence-corrected chi connectivity index (χ3v) is 5.83. The molecule has 0 unspecified atom stereocenters. The van der Waals surface area contributed by atoms with Crippen molar-refractivity contribution in [2.75, 3.05) is 13.2 Å². The van der Waals surface area contributed by atoms with Crippen LogP contribution in [0.15, 0.2) is 77.5 Å². The predicted molar refractivity (Wildman–Crippen MR) is 133 cm³/mol. The number of esters is 1. The van der Waals surface area contributed by atoms with E-state index in [0.29, 0.717) is 16.8 Å². The van der Waals surface area contributed by atoms with Crippen LogP contribution in [-0.2, 0) is 19.1 Å². The molecule has 2 heterocycles. The summed E-state index contributed by atoms with van der Waals surface area (Å²) in [4.78, 5) is 38.3. The van der Waals surface area contributed by atoms with Crippen LogP contribution < -0.4 is 0 Å². The van der Waals surface area contributed by atoms with E-state index < -0.39 is 17.8 Å². The number of aryl methyl sites for hydroxylation is 1. The lowest BCUT2D eigenvalue weighted by atomic mass is 9.93. The Hall–Kier alpha value is -4.77. The molecule has 3 aromatic rings. The highest BCUT2D eigenvalue weighted by Crippen LogP contribution is 2.31. The number of imide groups is 1. The van der Waals surface area contributed by atoms with E-state index in [1.54, 1.807) is 17.7 Å². The van der Waals surface area contributed by atoms with E-state index in [1.165, 1.54) is 6.92 Å². The van der Waals surface area contributed by atoms with Gasteiger partial charge in [0.1, 0.15) is 18.2 Å². The van der Waals surface area contributed by atoms with Gasteiger partial charge in [0.05, 0.1) is 17.9 Å². The van der Waals surface area contributed by atoms with Crippen molar-refractivity contribution in [3.8, 4) is 23.0 Å². The van der Waals surface area contributed by atoms with Gasteiger partial charge < -0.3 is 4.74 Å². The molecule has 180 valence electrons. The van der Waals surface area contributed by atoms with E-state index in [1.807, 2.05) is 73.8 Å². The Morgan fingerprint density at radius 2 is 1.75 bits per heavy atom. The first-order chi connectivity index (χ1) is 17.3. The second-order valence-electron chi connectivity index (χ2n) is 8.35. The summed E-state index contributed by atoms with van der Waals surface area (Å²) >= 11 is 0. The van der Waals surface area contributed by atoms with Crippen molar-refractivity contribution in [1.29, 1.82) is 5.26 Å². The van der Waals surface area contributed by atoms with Crippen LogP contribution in [0.5, 0.6) is 0 Å². The van der Waals surface area contributed by atoms with Gasteiger partial charge in [-0.1, -0.05) is 48.0 Å². The standard InChI is InChI=1S/C28H24N4O4/c1-18-9-11-21(12-10-18)26-22(17-32(30-26)23-7-5-4-6-8-23)15-24-19(2)25(16-29)28(35)31(27(24)34)13-14-36-20(3)33/h4-12,15,17H,13-14H2,1-3H3/b24-15-.